The lowest BCUT2D eigenvalue weighted by atomic mass is 9.89. The highest BCUT2D eigenvalue weighted by atomic mass is 19.1. The van der Waals surface area contributed by atoms with Gasteiger partial charge in [-0.05, 0) is 74.6 Å². The number of hydrogen-bond donors (Lipinski definition) is 1. The molecular weight excluding hydrogens is 417 g/mol. The largest absolute Gasteiger partial charge is 0.375 e. The van der Waals surface area contributed by atoms with Crippen LogP contribution in [0.4, 0.5) is 15.9 Å². The van der Waals surface area contributed by atoms with E-state index in [1.54, 1.807) is 12.1 Å². The van der Waals surface area contributed by atoms with Gasteiger partial charge in [0.25, 0.3) is 0 Å². The Bertz CT molecular complexity index is 1090. The molecule has 3 unspecified atom stereocenters. The number of halogens is 1. The molecule has 6 nitrogen and oxygen atoms in total. The maximum Gasteiger partial charge on any atom is 0.232 e. The zero-order chi connectivity index (χ0) is 22.5. The third kappa shape index (κ3) is 4.00. The van der Waals surface area contributed by atoms with Crippen LogP contribution in [0.15, 0.2) is 24.3 Å². The van der Waals surface area contributed by atoms with Gasteiger partial charge in [-0.25, -0.2) is 9.24 Å². The summed E-state index contributed by atoms with van der Waals surface area (Å²) in [4.78, 5) is 6.35. The van der Waals surface area contributed by atoms with Crippen molar-refractivity contribution in [3.05, 3.63) is 47.1 Å². The molecule has 0 amide bonds. The second-order valence-corrected chi connectivity index (χ2v) is 10.5. The number of fused-ring (bicyclic) bond motifs is 3. The van der Waals surface area contributed by atoms with Crippen LogP contribution < -0.4 is 5.32 Å². The Kier molecular flexibility index (Phi) is 5.31. The molecule has 1 N–H and O–H groups in total. The molecule has 7 heteroatoms. The van der Waals surface area contributed by atoms with Gasteiger partial charge in [0, 0.05) is 37.2 Å². The lowest BCUT2D eigenvalue weighted by molar-refractivity contribution is 0.0854. The lowest BCUT2D eigenvalue weighted by Gasteiger charge is -2.26. The van der Waals surface area contributed by atoms with E-state index in [1.165, 1.54) is 51.0 Å². The van der Waals surface area contributed by atoms with Gasteiger partial charge in [0.05, 0.1) is 24.5 Å². The van der Waals surface area contributed by atoms with Gasteiger partial charge in [0.1, 0.15) is 5.82 Å². The Balaban J connectivity index is 1.08. The molecule has 4 aliphatic rings. The number of aryl methyl sites for hydroxylation is 1. The maximum absolute atomic E-state index is 13.7. The Morgan fingerprint density at radius 2 is 1.97 bits per heavy atom. The Labute approximate surface area is 194 Å². The SMILES string of the molecule is [C-]#[N+]c1cc(-c2cc(F)ccc2C)nnc1NC1C[C@@H]2CN(C[C@H]3CC4CCC3O4)C[C@@H]2C1. The van der Waals surface area contributed by atoms with Crippen LogP contribution in [-0.2, 0) is 4.74 Å². The van der Waals surface area contributed by atoms with Gasteiger partial charge >= 0.3 is 0 Å². The summed E-state index contributed by atoms with van der Waals surface area (Å²) in [6.07, 6.45) is 7.03. The quantitative estimate of drug-likeness (QED) is 0.666. The first kappa shape index (κ1) is 21.0. The van der Waals surface area contributed by atoms with Crippen LogP contribution in [0, 0.1) is 37.1 Å². The van der Waals surface area contributed by atoms with Crippen molar-refractivity contribution in [2.75, 3.05) is 25.0 Å². The summed E-state index contributed by atoms with van der Waals surface area (Å²) < 4.78 is 19.8. The van der Waals surface area contributed by atoms with E-state index >= 15 is 0 Å². The van der Waals surface area contributed by atoms with Crippen LogP contribution in [0.1, 0.15) is 37.7 Å². The minimum Gasteiger partial charge on any atom is -0.375 e. The van der Waals surface area contributed by atoms with Gasteiger partial charge in [-0.1, -0.05) is 6.07 Å². The van der Waals surface area contributed by atoms with Crippen LogP contribution in [-0.4, -0.2) is 53.0 Å². The predicted molar refractivity (Wildman–Crippen MR) is 124 cm³/mol. The number of anilines is 1. The van der Waals surface area contributed by atoms with Crippen molar-refractivity contribution in [2.45, 2.75) is 57.3 Å². The van der Waals surface area contributed by atoms with Crippen LogP contribution in [0.3, 0.4) is 0 Å². The zero-order valence-electron chi connectivity index (χ0n) is 19.0. The molecule has 1 aromatic carbocycles. The van der Waals surface area contributed by atoms with E-state index in [4.69, 9.17) is 11.3 Å². The van der Waals surface area contributed by atoms with E-state index in [0.717, 1.165) is 24.3 Å². The fourth-order valence-electron chi connectivity index (χ4n) is 6.70. The number of rotatable bonds is 5. The highest BCUT2D eigenvalue weighted by molar-refractivity contribution is 5.73. The van der Waals surface area contributed by atoms with Gasteiger partial charge in [-0.15, -0.1) is 5.10 Å². The third-order valence-electron chi connectivity index (χ3n) is 8.26. The minimum atomic E-state index is -0.316. The van der Waals surface area contributed by atoms with Crippen molar-refractivity contribution in [2.24, 2.45) is 17.8 Å². The zero-order valence-corrected chi connectivity index (χ0v) is 19.0. The fourth-order valence-corrected chi connectivity index (χ4v) is 6.70. The van der Waals surface area contributed by atoms with Crippen molar-refractivity contribution in [1.82, 2.24) is 15.1 Å². The second kappa shape index (κ2) is 8.34. The molecule has 6 rings (SSSR count). The second-order valence-electron chi connectivity index (χ2n) is 10.5. The van der Waals surface area contributed by atoms with E-state index in [2.05, 4.69) is 25.3 Å². The number of aromatic nitrogens is 2. The Hall–Kier alpha value is -2.56. The average Bonchev–Trinajstić information content (AvgIpc) is 3.57. The summed E-state index contributed by atoms with van der Waals surface area (Å²) in [7, 11) is 0. The van der Waals surface area contributed by atoms with E-state index < -0.39 is 0 Å². The molecule has 0 radical (unpaired) electrons. The van der Waals surface area contributed by atoms with Crippen LogP contribution in [0.25, 0.3) is 16.1 Å². The van der Waals surface area contributed by atoms with Crippen molar-refractivity contribution >= 4 is 11.5 Å². The standard InChI is InChI=1S/C26H30FN5O/c1-15-3-4-19(27)10-22(15)23-11-24(28-2)26(31-30-23)29-20-7-16-12-32(13-17(16)8-20)14-18-9-21-5-6-25(18)33-21/h3-4,10-11,16-18,20-21,25H,5-9,12-14H2,1H3,(H,29,31)/t16-,17+,18-,20?,21?,25?/m1/s1. The van der Waals surface area contributed by atoms with Crippen molar-refractivity contribution < 1.29 is 9.13 Å². The first-order valence-corrected chi connectivity index (χ1v) is 12.2. The molecule has 33 heavy (non-hydrogen) atoms. The molecule has 3 aliphatic heterocycles. The highest BCUT2D eigenvalue weighted by Gasteiger charge is 2.45. The fraction of sp³-hybridized carbons (Fsp3) is 0.577. The number of likely N-dealkylation sites (tertiary alicyclic amines) is 1. The predicted octanol–water partition coefficient (Wildman–Crippen LogP) is 4.83. The van der Waals surface area contributed by atoms with Crippen molar-refractivity contribution in [3.63, 3.8) is 0 Å². The first-order chi connectivity index (χ1) is 16.1. The van der Waals surface area contributed by atoms with Gasteiger partial charge in [-0.3, -0.25) is 0 Å². The number of nitrogens with one attached hydrogen (secondary N) is 1. The molecule has 1 aromatic heterocycles. The van der Waals surface area contributed by atoms with E-state index in [9.17, 15) is 4.39 Å². The third-order valence-corrected chi connectivity index (χ3v) is 8.26. The first-order valence-electron chi connectivity index (χ1n) is 12.2. The smallest absolute Gasteiger partial charge is 0.232 e. The van der Waals surface area contributed by atoms with Crippen molar-refractivity contribution in [3.8, 4) is 11.3 Å². The van der Waals surface area contributed by atoms with Gasteiger partial charge in [-0.2, -0.15) is 5.10 Å². The topological polar surface area (TPSA) is 54.6 Å². The summed E-state index contributed by atoms with van der Waals surface area (Å²) in [5.41, 5.74) is 2.56. The van der Waals surface area contributed by atoms with Crippen molar-refractivity contribution in [1.29, 1.82) is 0 Å². The lowest BCUT2D eigenvalue weighted by Crippen LogP contribution is -2.33. The minimum absolute atomic E-state index is 0.316. The molecule has 0 spiro atoms. The van der Waals surface area contributed by atoms with Crippen LogP contribution in [0.5, 0.6) is 0 Å². The van der Waals surface area contributed by atoms with E-state index in [0.29, 0.717) is 52.8 Å². The van der Waals surface area contributed by atoms with Gasteiger partial charge in [0.15, 0.2) is 5.82 Å². The summed E-state index contributed by atoms with van der Waals surface area (Å²) in [6, 6.07) is 6.65. The summed E-state index contributed by atoms with van der Waals surface area (Å²) in [5.74, 6) is 2.38. The molecule has 4 fully saturated rings. The molecular formula is C26H30FN5O. The van der Waals surface area contributed by atoms with Crippen LogP contribution in [0.2, 0.25) is 0 Å². The number of benzene rings is 1. The molecule has 2 bridgehead atoms. The highest BCUT2D eigenvalue weighted by Crippen LogP contribution is 2.43. The monoisotopic (exact) mass is 447 g/mol. The van der Waals surface area contributed by atoms with Gasteiger partial charge in [0.2, 0.25) is 5.69 Å². The molecule has 4 heterocycles. The van der Waals surface area contributed by atoms with Gasteiger partial charge < -0.3 is 15.0 Å². The average molecular weight is 448 g/mol. The number of hydrogen-bond acceptors (Lipinski definition) is 5. The van der Waals surface area contributed by atoms with Crippen LogP contribution >= 0.6 is 0 Å². The molecule has 1 aliphatic carbocycles. The Morgan fingerprint density at radius 3 is 2.67 bits per heavy atom. The summed E-state index contributed by atoms with van der Waals surface area (Å²) in [6.45, 7) is 13.1. The Morgan fingerprint density at radius 1 is 1.15 bits per heavy atom. The van der Waals surface area contributed by atoms with E-state index in [-0.39, 0.29) is 5.82 Å². The number of ether oxygens (including phenoxy) is 1. The van der Waals surface area contributed by atoms with E-state index in [1.807, 2.05) is 6.92 Å². The maximum atomic E-state index is 13.7. The summed E-state index contributed by atoms with van der Waals surface area (Å²) >= 11 is 0. The molecule has 3 saturated heterocycles. The normalized spacial score (nSPS) is 32.8. The number of nitrogens with zero attached hydrogens (tertiary/aromatic N) is 4. The molecule has 1 saturated carbocycles. The summed E-state index contributed by atoms with van der Waals surface area (Å²) in [5, 5.41) is 12.2. The molecule has 6 atom stereocenters. The molecule has 2 aromatic rings. The molecule has 172 valence electrons.